The summed E-state index contributed by atoms with van der Waals surface area (Å²) in [5.41, 5.74) is 9.12. The van der Waals surface area contributed by atoms with Crippen LogP contribution in [0.4, 0.5) is 0 Å². The molecule has 0 saturated carbocycles. The molecule has 4 nitrogen and oxygen atoms in total. The number of fused-ring (bicyclic) bond motifs is 7. The normalized spacial score (nSPS) is 11.3. The summed E-state index contributed by atoms with van der Waals surface area (Å²) < 4.78 is 4.56. The lowest BCUT2D eigenvalue weighted by Gasteiger charge is -2.13. The predicted molar refractivity (Wildman–Crippen MR) is 170 cm³/mol. The van der Waals surface area contributed by atoms with Crippen molar-refractivity contribution in [3.8, 4) is 34.6 Å². The maximum Gasteiger partial charge on any atom is 0.101 e. The van der Waals surface area contributed by atoms with Crippen molar-refractivity contribution in [1.29, 1.82) is 10.5 Å². The number of aromatic nitrogens is 2. The van der Waals surface area contributed by atoms with Gasteiger partial charge in [-0.2, -0.15) is 10.5 Å². The van der Waals surface area contributed by atoms with Crippen LogP contribution in [0.3, 0.4) is 0 Å². The third-order valence-corrected chi connectivity index (χ3v) is 8.20. The Bertz CT molecular complexity index is 2430. The van der Waals surface area contributed by atoms with Gasteiger partial charge in [-0.1, -0.05) is 84.9 Å². The average molecular weight is 535 g/mol. The molecule has 8 rings (SSSR count). The van der Waals surface area contributed by atoms with Gasteiger partial charge in [0.1, 0.15) is 6.07 Å². The molecule has 0 aliphatic heterocycles. The fourth-order valence-electron chi connectivity index (χ4n) is 6.42. The highest BCUT2D eigenvalue weighted by atomic mass is 15.0. The van der Waals surface area contributed by atoms with Gasteiger partial charge in [0.2, 0.25) is 0 Å². The summed E-state index contributed by atoms with van der Waals surface area (Å²) in [5, 5.41) is 24.7. The fourth-order valence-corrected chi connectivity index (χ4v) is 6.42. The molecule has 0 saturated heterocycles. The summed E-state index contributed by atoms with van der Waals surface area (Å²) >= 11 is 0. The van der Waals surface area contributed by atoms with Crippen LogP contribution in [0.25, 0.3) is 66.1 Å². The third kappa shape index (κ3) is 3.33. The second kappa shape index (κ2) is 9.24. The lowest BCUT2D eigenvalue weighted by molar-refractivity contribution is 1.16. The van der Waals surface area contributed by atoms with Crippen molar-refractivity contribution in [2.45, 2.75) is 0 Å². The van der Waals surface area contributed by atoms with Crippen molar-refractivity contribution in [2.75, 3.05) is 0 Å². The topological polar surface area (TPSA) is 57.4 Å². The van der Waals surface area contributed by atoms with Crippen LogP contribution in [-0.4, -0.2) is 9.13 Å². The lowest BCUT2D eigenvalue weighted by atomic mass is 9.98. The van der Waals surface area contributed by atoms with Gasteiger partial charge in [0, 0.05) is 27.2 Å². The fraction of sp³-hybridized carbons (Fsp3) is 0. The highest BCUT2D eigenvalue weighted by Gasteiger charge is 2.22. The molecule has 0 amide bonds. The summed E-state index contributed by atoms with van der Waals surface area (Å²) in [5.74, 6) is 0. The monoisotopic (exact) mass is 534 g/mol. The van der Waals surface area contributed by atoms with Crippen LogP contribution < -0.4 is 0 Å². The van der Waals surface area contributed by atoms with Crippen LogP contribution in [0.2, 0.25) is 0 Å². The first-order valence-corrected chi connectivity index (χ1v) is 13.8. The molecule has 0 fully saturated rings. The van der Waals surface area contributed by atoms with Gasteiger partial charge in [-0.25, -0.2) is 0 Å². The Morgan fingerprint density at radius 2 is 1.14 bits per heavy atom. The summed E-state index contributed by atoms with van der Waals surface area (Å²) in [6, 6.07) is 50.0. The number of benzene rings is 6. The molecule has 194 valence electrons. The average Bonchev–Trinajstić information content (AvgIpc) is 3.57. The molecule has 8 aromatic rings. The van der Waals surface area contributed by atoms with Gasteiger partial charge in [-0.15, -0.1) is 0 Å². The van der Waals surface area contributed by atoms with Crippen LogP contribution in [-0.2, 0) is 0 Å². The molecule has 0 unspecified atom stereocenters. The minimum absolute atomic E-state index is 0.569. The van der Waals surface area contributed by atoms with E-state index in [9.17, 15) is 10.5 Å². The van der Waals surface area contributed by atoms with Crippen LogP contribution >= 0.6 is 0 Å². The smallest absolute Gasteiger partial charge is 0.101 e. The Hall–Kier alpha value is -6.10. The zero-order valence-corrected chi connectivity index (χ0v) is 22.5. The first-order valence-electron chi connectivity index (χ1n) is 13.8. The minimum atomic E-state index is 0.569. The Kier molecular flexibility index (Phi) is 5.22. The molecule has 42 heavy (non-hydrogen) atoms. The van der Waals surface area contributed by atoms with E-state index in [-0.39, 0.29) is 0 Å². The predicted octanol–water partition coefficient (Wildman–Crippen LogP) is 9.29. The molecule has 2 heterocycles. The SMILES string of the molecule is N#Cc1ccccc1-c1ccc(C#N)c(-n2c3ccccc3c3c2ccc2c4ccccc4n(-c4ccccc4)c23)c1. The summed E-state index contributed by atoms with van der Waals surface area (Å²) in [7, 11) is 0. The quantitative estimate of drug-likeness (QED) is 0.227. The standard InChI is InChI=1S/C38H22N4/c39-23-26-10-4-5-13-29(26)25-18-19-27(24-40)36(22-25)42-34-17-9-7-15-32(34)37-35(42)21-20-31-30-14-6-8-16-33(30)41(38(31)37)28-11-2-1-3-12-28/h1-22H. The van der Waals surface area contributed by atoms with Crippen molar-refractivity contribution in [2.24, 2.45) is 0 Å². The van der Waals surface area contributed by atoms with E-state index in [1.165, 1.54) is 10.8 Å². The number of nitriles is 2. The molecular formula is C38H22N4. The van der Waals surface area contributed by atoms with Crippen molar-refractivity contribution >= 4 is 43.6 Å². The third-order valence-electron chi connectivity index (χ3n) is 8.20. The minimum Gasteiger partial charge on any atom is -0.309 e. The van der Waals surface area contributed by atoms with Crippen LogP contribution in [0, 0.1) is 22.7 Å². The first-order chi connectivity index (χ1) is 20.8. The van der Waals surface area contributed by atoms with E-state index in [2.05, 4.69) is 100 Å². The van der Waals surface area contributed by atoms with E-state index in [1.807, 2.05) is 54.6 Å². The highest BCUT2D eigenvalue weighted by molar-refractivity contribution is 6.26. The molecule has 0 N–H and O–H groups in total. The van der Waals surface area contributed by atoms with Gasteiger partial charge in [-0.3, -0.25) is 0 Å². The van der Waals surface area contributed by atoms with Crippen molar-refractivity contribution in [1.82, 2.24) is 9.13 Å². The Labute approximate surface area is 242 Å². The van der Waals surface area contributed by atoms with E-state index in [4.69, 9.17) is 0 Å². The molecule has 0 aliphatic carbocycles. The van der Waals surface area contributed by atoms with E-state index in [0.29, 0.717) is 11.1 Å². The molecular weight excluding hydrogens is 512 g/mol. The summed E-state index contributed by atoms with van der Waals surface area (Å²) in [4.78, 5) is 0. The molecule has 2 aromatic heterocycles. The van der Waals surface area contributed by atoms with Crippen molar-refractivity contribution in [3.05, 3.63) is 145 Å². The second-order valence-corrected chi connectivity index (χ2v) is 10.4. The number of nitrogens with zero attached hydrogens (tertiary/aromatic N) is 4. The van der Waals surface area contributed by atoms with E-state index >= 15 is 0 Å². The zero-order chi connectivity index (χ0) is 28.2. The van der Waals surface area contributed by atoms with E-state index < -0.39 is 0 Å². The molecule has 0 atom stereocenters. The van der Waals surface area contributed by atoms with Gasteiger partial charge in [0.05, 0.1) is 45.0 Å². The lowest BCUT2D eigenvalue weighted by Crippen LogP contribution is -1.99. The van der Waals surface area contributed by atoms with Crippen LogP contribution in [0.1, 0.15) is 11.1 Å². The second-order valence-electron chi connectivity index (χ2n) is 10.4. The van der Waals surface area contributed by atoms with Gasteiger partial charge in [-0.05, 0) is 59.7 Å². The Morgan fingerprint density at radius 3 is 1.93 bits per heavy atom. The number of hydrogen-bond acceptors (Lipinski definition) is 2. The van der Waals surface area contributed by atoms with Crippen LogP contribution in [0.15, 0.2) is 133 Å². The van der Waals surface area contributed by atoms with Gasteiger partial charge in [0.25, 0.3) is 0 Å². The molecule has 6 aromatic carbocycles. The number of rotatable bonds is 3. The van der Waals surface area contributed by atoms with Gasteiger partial charge < -0.3 is 9.13 Å². The van der Waals surface area contributed by atoms with Gasteiger partial charge in [0.15, 0.2) is 0 Å². The Balaban J connectivity index is 1.54. The molecule has 4 heteroatoms. The molecule has 0 bridgehead atoms. The number of hydrogen-bond donors (Lipinski definition) is 0. The molecule has 0 radical (unpaired) electrons. The Morgan fingerprint density at radius 1 is 0.476 bits per heavy atom. The molecule has 0 aliphatic rings. The van der Waals surface area contributed by atoms with Gasteiger partial charge >= 0.3 is 0 Å². The first kappa shape index (κ1) is 23.8. The maximum absolute atomic E-state index is 10.3. The maximum atomic E-state index is 10.3. The zero-order valence-electron chi connectivity index (χ0n) is 22.5. The largest absolute Gasteiger partial charge is 0.309 e. The summed E-state index contributed by atoms with van der Waals surface area (Å²) in [6.07, 6.45) is 0. The molecule has 0 spiro atoms. The van der Waals surface area contributed by atoms with Crippen molar-refractivity contribution < 1.29 is 0 Å². The summed E-state index contributed by atoms with van der Waals surface area (Å²) in [6.45, 7) is 0. The van der Waals surface area contributed by atoms with Crippen LogP contribution in [0.5, 0.6) is 0 Å². The highest BCUT2D eigenvalue weighted by Crippen LogP contribution is 2.42. The van der Waals surface area contributed by atoms with E-state index in [1.54, 1.807) is 0 Å². The number of para-hydroxylation sites is 3. The van der Waals surface area contributed by atoms with Crippen molar-refractivity contribution in [3.63, 3.8) is 0 Å². The van der Waals surface area contributed by atoms with E-state index in [0.717, 1.165) is 55.3 Å².